The average molecular weight is 363 g/mol. The Balaban J connectivity index is 0. The number of hydrogen-bond donors (Lipinski definition) is 0. The molecule has 6 heteroatoms. The van der Waals surface area contributed by atoms with Crippen LogP contribution >= 0.6 is 10.1 Å². The molecular weight excluding hydrogens is 363 g/mol. The molecule has 0 unspecified atom stereocenters. The van der Waals surface area contributed by atoms with Crippen molar-refractivity contribution < 1.29 is 39.5 Å². The van der Waals surface area contributed by atoms with Crippen molar-refractivity contribution >= 4 is 22.2 Å². The first kappa shape index (κ1) is 10.3. The van der Waals surface area contributed by atoms with E-state index in [-0.39, 0.29) is 27.7 Å². The molecule has 1 radical (unpaired) electrons. The Labute approximate surface area is 61.4 Å². The van der Waals surface area contributed by atoms with Gasteiger partial charge in [-0.05, 0) is 0 Å². The molecule has 0 aromatic carbocycles. The van der Waals surface area contributed by atoms with Gasteiger partial charge in [-0.25, -0.2) is 0 Å². The van der Waals surface area contributed by atoms with Crippen LogP contribution in [0.1, 0.15) is 0 Å². The zero-order valence-corrected chi connectivity index (χ0v) is 10.7. The summed E-state index contributed by atoms with van der Waals surface area (Å²) in [6.07, 6.45) is 0. The molecule has 0 aliphatic rings. The minimum Gasteiger partial charge on any atom is 1.00 e. The van der Waals surface area contributed by atoms with Crippen LogP contribution < -0.4 is 4.19 Å². The Bertz CT molecular complexity index is 94.0. The Morgan fingerprint density at radius 2 is 1.50 bits per heavy atom. The van der Waals surface area contributed by atoms with Crippen LogP contribution in [-0.4, -0.2) is 12.1 Å². The summed E-state index contributed by atoms with van der Waals surface area (Å²) in [4.78, 5) is 0. The van der Waals surface area contributed by atoms with E-state index < -0.39 is 12.1 Å². The fraction of sp³-hybridized carbons (Fsp3) is 0. The van der Waals surface area contributed by atoms with Crippen LogP contribution in [0.3, 0.4) is 0 Å². The summed E-state index contributed by atoms with van der Waals surface area (Å²) in [5, 5.41) is 0. The van der Waals surface area contributed by atoms with Crippen molar-refractivity contribution in [1.29, 1.82) is 0 Å². The van der Waals surface area contributed by atoms with Crippen LogP contribution in [-0.2, 0) is 35.3 Å². The van der Waals surface area contributed by atoms with E-state index in [0.717, 1.165) is 0 Å². The van der Waals surface area contributed by atoms with Crippen LogP contribution in [0, 0.1) is 0 Å². The van der Waals surface area contributed by atoms with Crippen molar-refractivity contribution in [3.05, 3.63) is 0 Å². The molecule has 0 saturated carbocycles. The van der Waals surface area contributed by atoms with Crippen molar-refractivity contribution in [2.45, 2.75) is 0 Å². The SMILES string of the molecule is O=[Se](=O)([O-])Cl.[Hg+]. The van der Waals surface area contributed by atoms with Gasteiger partial charge in [-0.1, -0.05) is 0 Å². The molecule has 0 N–H and O–H groups in total. The van der Waals surface area contributed by atoms with Crippen molar-refractivity contribution in [2.24, 2.45) is 0 Å². The van der Waals surface area contributed by atoms with E-state index in [4.69, 9.17) is 11.9 Å². The molecule has 0 aliphatic carbocycles. The molecule has 0 rings (SSSR count). The topological polar surface area (TPSA) is 57.2 Å². The molecule has 0 saturated heterocycles. The van der Waals surface area contributed by atoms with Crippen molar-refractivity contribution in [3.8, 4) is 0 Å². The first-order valence-corrected chi connectivity index (χ1v) is 5.00. The Hall–Kier alpha value is 1.30. The van der Waals surface area contributed by atoms with E-state index in [1.54, 1.807) is 0 Å². The van der Waals surface area contributed by atoms with Gasteiger partial charge in [0, 0.05) is 0 Å². The zero-order chi connectivity index (χ0) is 4.50. The second kappa shape index (κ2) is 3.32. The molecule has 0 fully saturated rings. The standard InChI is InChI=1S/ClHO3Se.Hg/c1-5(2,3)4;/h(H,2,3,4);/q;+1/p-1. The van der Waals surface area contributed by atoms with Crippen molar-refractivity contribution in [2.75, 3.05) is 0 Å². The fourth-order valence-corrected chi connectivity index (χ4v) is 0. The van der Waals surface area contributed by atoms with Crippen LogP contribution in [0.15, 0.2) is 0 Å². The molecular formula is ClHgO3Se. The Morgan fingerprint density at radius 3 is 1.50 bits per heavy atom. The van der Waals surface area contributed by atoms with Gasteiger partial charge in [0.25, 0.3) is 0 Å². The quantitative estimate of drug-likeness (QED) is 0.513. The van der Waals surface area contributed by atoms with E-state index in [1.807, 2.05) is 0 Å². The van der Waals surface area contributed by atoms with Gasteiger partial charge in [0.15, 0.2) is 0 Å². The first-order chi connectivity index (χ1) is 2.00. The third-order valence-corrected chi connectivity index (χ3v) is 0. The minimum atomic E-state index is -5.03. The predicted octanol–water partition coefficient (Wildman–Crippen LogP) is -1.12. The second-order valence-electron chi connectivity index (χ2n) is 0.393. The van der Waals surface area contributed by atoms with E-state index in [2.05, 4.69) is 10.1 Å². The summed E-state index contributed by atoms with van der Waals surface area (Å²) < 4.78 is 26.7. The van der Waals surface area contributed by atoms with Gasteiger partial charge in [0.1, 0.15) is 0 Å². The molecule has 0 heterocycles. The Kier molecular flexibility index (Phi) is 5.72. The Morgan fingerprint density at radius 1 is 1.50 bits per heavy atom. The predicted molar refractivity (Wildman–Crippen MR) is 13.0 cm³/mol. The first-order valence-electron chi connectivity index (χ1n) is 0.654. The minimum absolute atomic E-state index is 0. The van der Waals surface area contributed by atoms with E-state index >= 15 is 0 Å². The number of halogens is 1. The number of hydrogen-bond acceptors (Lipinski definition) is 3. The van der Waals surface area contributed by atoms with Crippen LogP contribution in [0.5, 0.6) is 0 Å². The van der Waals surface area contributed by atoms with Crippen LogP contribution in [0.4, 0.5) is 0 Å². The fourth-order valence-electron chi connectivity index (χ4n) is 0. The molecule has 33 valence electrons. The van der Waals surface area contributed by atoms with Gasteiger partial charge >= 0.3 is 61.8 Å². The summed E-state index contributed by atoms with van der Waals surface area (Å²) in [5.74, 6) is 0. The van der Waals surface area contributed by atoms with Crippen LogP contribution in [0.25, 0.3) is 0 Å². The number of rotatable bonds is 0. The second-order valence-corrected chi connectivity index (χ2v) is 4.01. The van der Waals surface area contributed by atoms with Gasteiger partial charge in [-0.2, -0.15) is 0 Å². The summed E-state index contributed by atoms with van der Waals surface area (Å²) in [6.45, 7) is 0. The molecule has 0 atom stereocenters. The van der Waals surface area contributed by atoms with Gasteiger partial charge in [0.2, 0.25) is 0 Å². The van der Waals surface area contributed by atoms with Gasteiger partial charge in [-0.3, -0.25) is 0 Å². The monoisotopic (exact) mass is 365 g/mol. The smallest absolute Gasteiger partial charge is 1.00 e. The van der Waals surface area contributed by atoms with E-state index in [1.165, 1.54) is 0 Å². The van der Waals surface area contributed by atoms with Gasteiger partial charge in [-0.15, -0.1) is 0 Å². The average Bonchev–Trinajstić information content (AvgIpc) is 0.722. The van der Waals surface area contributed by atoms with Gasteiger partial charge in [0.05, 0.1) is 0 Å². The molecule has 0 aromatic heterocycles. The molecule has 0 bridgehead atoms. The molecule has 0 amide bonds. The third-order valence-electron chi connectivity index (χ3n) is 0. The van der Waals surface area contributed by atoms with Crippen molar-refractivity contribution in [1.82, 2.24) is 0 Å². The molecule has 0 spiro atoms. The van der Waals surface area contributed by atoms with Crippen LogP contribution in [0.2, 0.25) is 0 Å². The molecule has 3 nitrogen and oxygen atoms in total. The van der Waals surface area contributed by atoms with E-state index in [9.17, 15) is 0 Å². The van der Waals surface area contributed by atoms with Gasteiger partial charge < -0.3 is 0 Å². The maximum atomic E-state index is 8.91. The maximum absolute atomic E-state index is 8.91. The van der Waals surface area contributed by atoms with E-state index in [0.29, 0.717) is 0 Å². The summed E-state index contributed by atoms with van der Waals surface area (Å²) in [6, 6.07) is 0. The molecule has 0 aromatic rings. The third kappa shape index (κ3) is 57.8. The largest absolute Gasteiger partial charge is 1.00 e. The summed E-state index contributed by atoms with van der Waals surface area (Å²) in [5.41, 5.74) is 0. The molecule has 0 aliphatic heterocycles. The summed E-state index contributed by atoms with van der Waals surface area (Å²) in [7, 11) is 4.02. The zero-order valence-electron chi connectivity index (χ0n) is 2.72. The summed E-state index contributed by atoms with van der Waals surface area (Å²) >= 11 is -5.03. The maximum Gasteiger partial charge on any atom is 1.00 e. The molecule has 6 heavy (non-hydrogen) atoms. The normalized spacial score (nSPS) is 9.67. The van der Waals surface area contributed by atoms with Crippen molar-refractivity contribution in [3.63, 3.8) is 0 Å².